The number of hydrogen-bond donors (Lipinski definition) is 3. The molecule has 0 radical (unpaired) electrons. The molecule has 1 heterocycles. The van der Waals surface area contributed by atoms with Crippen molar-refractivity contribution in [2.75, 3.05) is 17.9 Å². The van der Waals surface area contributed by atoms with Crippen molar-refractivity contribution in [2.45, 2.75) is 32.9 Å². The van der Waals surface area contributed by atoms with Gasteiger partial charge in [0.15, 0.2) is 0 Å². The quantitative estimate of drug-likeness (QED) is 0.518. The molecule has 3 N–H and O–H groups in total. The molecule has 2 rings (SSSR count). The van der Waals surface area contributed by atoms with Gasteiger partial charge in [0.25, 0.3) is 0 Å². The average molecular weight is 346 g/mol. The summed E-state index contributed by atoms with van der Waals surface area (Å²) in [6.45, 7) is 6.16. The fourth-order valence-corrected chi connectivity index (χ4v) is 1.95. The van der Waals surface area contributed by atoms with Crippen molar-refractivity contribution in [1.82, 2.24) is 15.4 Å². The monoisotopic (exact) mass is 346 g/mol. The molecule has 0 aliphatic rings. The van der Waals surface area contributed by atoms with Crippen LogP contribution >= 0.6 is 0 Å². The van der Waals surface area contributed by atoms with Crippen LogP contribution in [0.3, 0.4) is 0 Å². The average Bonchev–Trinajstić information content (AvgIpc) is 2.57. The number of nitrogens with zero attached hydrogens (tertiary/aromatic N) is 3. The van der Waals surface area contributed by atoms with Crippen LogP contribution in [0.15, 0.2) is 30.6 Å². The molecule has 0 bridgehead atoms. The van der Waals surface area contributed by atoms with E-state index < -0.39 is 4.92 Å². The highest BCUT2D eigenvalue weighted by Gasteiger charge is 2.23. The van der Waals surface area contributed by atoms with Crippen LogP contribution in [0.5, 0.6) is 5.75 Å². The fraction of sp³-hybridized carbons (Fsp3) is 0.375. The largest absolute Gasteiger partial charge is 0.497 e. The Morgan fingerprint density at radius 3 is 2.36 bits per heavy atom. The van der Waals surface area contributed by atoms with Gasteiger partial charge < -0.3 is 10.1 Å². The lowest BCUT2D eigenvalue weighted by Crippen LogP contribution is -2.40. The minimum Gasteiger partial charge on any atom is -0.497 e. The van der Waals surface area contributed by atoms with Gasteiger partial charge in [-0.3, -0.25) is 15.5 Å². The SMILES string of the molecule is COc1ccc(CNc2ncnc(NNC(C)(C)C)c2[N+](=O)[O-])cc1. The van der Waals surface area contributed by atoms with Crippen LogP contribution in [-0.2, 0) is 6.54 Å². The van der Waals surface area contributed by atoms with E-state index in [2.05, 4.69) is 26.1 Å². The van der Waals surface area contributed by atoms with E-state index in [1.807, 2.05) is 45.0 Å². The molecule has 2 aromatic rings. The van der Waals surface area contributed by atoms with E-state index in [-0.39, 0.29) is 22.9 Å². The molecule has 0 spiro atoms. The Balaban J connectivity index is 2.17. The predicted octanol–water partition coefficient (Wildman–Crippen LogP) is 2.72. The first-order valence-corrected chi connectivity index (χ1v) is 7.69. The number of nitro groups is 1. The summed E-state index contributed by atoms with van der Waals surface area (Å²) in [6.07, 6.45) is 1.27. The maximum atomic E-state index is 11.5. The van der Waals surface area contributed by atoms with Crippen molar-refractivity contribution in [3.63, 3.8) is 0 Å². The molecule has 134 valence electrons. The molecular weight excluding hydrogens is 324 g/mol. The number of anilines is 2. The van der Waals surface area contributed by atoms with E-state index in [0.29, 0.717) is 6.54 Å². The Kier molecular flexibility index (Phi) is 5.71. The van der Waals surface area contributed by atoms with Crippen LogP contribution in [-0.4, -0.2) is 27.5 Å². The van der Waals surface area contributed by atoms with Crippen LogP contribution in [0, 0.1) is 10.1 Å². The molecule has 1 aromatic carbocycles. The molecule has 25 heavy (non-hydrogen) atoms. The van der Waals surface area contributed by atoms with E-state index in [1.54, 1.807) is 7.11 Å². The van der Waals surface area contributed by atoms with E-state index in [1.165, 1.54) is 6.33 Å². The molecule has 0 unspecified atom stereocenters. The van der Waals surface area contributed by atoms with Gasteiger partial charge >= 0.3 is 5.69 Å². The van der Waals surface area contributed by atoms with Gasteiger partial charge in [0.2, 0.25) is 11.6 Å². The summed E-state index contributed by atoms with van der Waals surface area (Å²) in [5.74, 6) is 0.998. The van der Waals surface area contributed by atoms with Gasteiger partial charge in [-0.2, -0.15) is 0 Å². The zero-order valence-electron chi connectivity index (χ0n) is 14.7. The number of aromatic nitrogens is 2. The molecule has 0 fully saturated rings. The number of benzene rings is 1. The van der Waals surface area contributed by atoms with E-state index in [9.17, 15) is 10.1 Å². The van der Waals surface area contributed by atoms with Crippen LogP contribution < -0.4 is 20.9 Å². The van der Waals surface area contributed by atoms with Crippen molar-refractivity contribution in [3.05, 3.63) is 46.3 Å². The second-order valence-electron chi connectivity index (χ2n) is 6.38. The van der Waals surface area contributed by atoms with Gasteiger partial charge in [0.05, 0.1) is 12.0 Å². The van der Waals surface area contributed by atoms with Gasteiger partial charge in [-0.25, -0.2) is 15.4 Å². The highest BCUT2D eigenvalue weighted by molar-refractivity contribution is 5.69. The van der Waals surface area contributed by atoms with Crippen molar-refractivity contribution in [2.24, 2.45) is 0 Å². The van der Waals surface area contributed by atoms with Gasteiger partial charge in [-0.05, 0) is 38.5 Å². The molecule has 0 saturated heterocycles. The van der Waals surface area contributed by atoms with Crippen molar-refractivity contribution in [3.8, 4) is 5.75 Å². The number of ether oxygens (including phenoxy) is 1. The maximum Gasteiger partial charge on any atom is 0.354 e. The third-order valence-corrected chi connectivity index (χ3v) is 3.18. The Hall–Kier alpha value is -2.94. The molecule has 9 nitrogen and oxygen atoms in total. The summed E-state index contributed by atoms with van der Waals surface area (Å²) >= 11 is 0. The van der Waals surface area contributed by atoms with Crippen LogP contribution in [0.4, 0.5) is 17.3 Å². The zero-order valence-corrected chi connectivity index (χ0v) is 14.7. The summed E-state index contributed by atoms with van der Waals surface area (Å²) < 4.78 is 5.11. The lowest BCUT2D eigenvalue weighted by molar-refractivity contribution is -0.383. The minimum atomic E-state index is -0.511. The lowest BCUT2D eigenvalue weighted by Gasteiger charge is -2.21. The normalized spacial score (nSPS) is 11.0. The Morgan fingerprint density at radius 2 is 1.80 bits per heavy atom. The summed E-state index contributed by atoms with van der Waals surface area (Å²) in [7, 11) is 1.59. The first kappa shape index (κ1) is 18.4. The van der Waals surface area contributed by atoms with Gasteiger partial charge in [-0.1, -0.05) is 12.1 Å². The van der Waals surface area contributed by atoms with E-state index >= 15 is 0 Å². The lowest BCUT2D eigenvalue weighted by atomic mass is 10.1. The summed E-state index contributed by atoms with van der Waals surface area (Å²) in [5, 5.41) is 14.4. The molecule has 1 aromatic heterocycles. The van der Waals surface area contributed by atoms with E-state index in [0.717, 1.165) is 11.3 Å². The van der Waals surface area contributed by atoms with Gasteiger partial charge in [-0.15, -0.1) is 0 Å². The van der Waals surface area contributed by atoms with E-state index in [4.69, 9.17) is 4.74 Å². The number of methoxy groups -OCH3 is 1. The fourth-order valence-electron chi connectivity index (χ4n) is 1.95. The molecule has 0 amide bonds. The highest BCUT2D eigenvalue weighted by Crippen LogP contribution is 2.29. The topological polar surface area (TPSA) is 114 Å². The van der Waals surface area contributed by atoms with Crippen molar-refractivity contribution in [1.29, 1.82) is 0 Å². The van der Waals surface area contributed by atoms with Gasteiger partial charge in [0.1, 0.15) is 12.1 Å². The minimum absolute atomic E-state index is 0.104. The Morgan fingerprint density at radius 1 is 1.16 bits per heavy atom. The van der Waals surface area contributed by atoms with Crippen molar-refractivity contribution < 1.29 is 9.66 Å². The van der Waals surface area contributed by atoms with Crippen molar-refractivity contribution >= 4 is 17.3 Å². The molecule has 9 heteroatoms. The standard InChI is InChI=1S/C16H22N6O3/c1-16(2,3)21-20-15-13(22(23)24)14(18-10-19-15)17-9-11-5-7-12(25-4)8-6-11/h5-8,10,21H,9H2,1-4H3,(H2,17,18,19,20). The number of hydrazine groups is 1. The number of hydrogen-bond acceptors (Lipinski definition) is 8. The smallest absolute Gasteiger partial charge is 0.354 e. The van der Waals surface area contributed by atoms with Crippen LogP contribution in [0.1, 0.15) is 26.3 Å². The Labute approximate surface area is 146 Å². The number of rotatable bonds is 7. The molecular formula is C16H22N6O3. The summed E-state index contributed by atoms with van der Waals surface area (Å²) in [4.78, 5) is 18.9. The van der Waals surface area contributed by atoms with Gasteiger partial charge in [0, 0.05) is 12.1 Å². The van der Waals surface area contributed by atoms with Crippen LogP contribution in [0.25, 0.3) is 0 Å². The third-order valence-electron chi connectivity index (χ3n) is 3.18. The maximum absolute atomic E-state index is 11.5. The first-order valence-electron chi connectivity index (χ1n) is 7.69. The first-order chi connectivity index (χ1) is 11.8. The summed E-state index contributed by atoms with van der Waals surface area (Å²) in [6, 6.07) is 7.40. The molecule has 0 aliphatic heterocycles. The second kappa shape index (κ2) is 7.75. The number of nitrogens with one attached hydrogen (secondary N) is 3. The van der Waals surface area contributed by atoms with Crippen LogP contribution in [0.2, 0.25) is 0 Å². The second-order valence-corrected chi connectivity index (χ2v) is 6.38. The molecule has 0 saturated carbocycles. The molecule has 0 atom stereocenters. The Bertz CT molecular complexity index is 728. The summed E-state index contributed by atoms with van der Waals surface area (Å²) in [5.41, 5.74) is 6.19. The third kappa shape index (κ3) is 5.28. The predicted molar refractivity (Wildman–Crippen MR) is 95.5 cm³/mol. The highest BCUT2D eigenvalue weighted by atomic mass is 16.6. The zero-order chi connectivity index (χ0) is 18.4. The molecule has 0 aliphatic carbocycles.